The average Bonchev–Trinajstić information content (AvgIpc) is 2.91. The number of benzene rings is 1. The Balaban J connectivity index is 1.41. The summed E-state index contributed by atoms with van der Waals surface area (Å²) in [5.41, 5.74) is 3.14. The molecule has 3 rings (SSSR count). The lowest BCUT2D eigenvalue weighted by Gasteiger charge is -2.29. The highest BCUT2D eigenvalue weighted by Crippen LogP contribution is 2.17. The maximum absolute atomic E-state index is 12.9. The van der Waals surface area contributed by atoms with Gasteiger partial charge in [0.05, 0.1) is 17.1 Å². The normalized spacial score (nSPS) is 19.0. The molecule has 2 aromatic rings. The molecule has 4 N–H and O–H groups in total. The molecule has 1 fully saturated rings. The van der Waals surface area contributed by atoms with Gasteiger partial charge in [0.25, 0.3) is 11.8 Å². The Hall–Kier alpha value is -2.78. The lowest BCUT2D eigenvalue weighted by molar-refractivity contribution is -1.00. The Morgan fingerprint density at radius 2 is 1.52 bits per heavy atom. The maximum atomic E-state index is 12.9. The monoisotopic (exact) mass is 404 g/mol. The van der Waals surface area contributed by atoms with Crippen molar-refractivity contribution in [3.05, 3.63) is 41.5 Å². The third kappa shape index (κ3) is 5.61. The second kappa shape index (κ2) is 9.15. The van der Waals surface area contributed by atoms with Crippen molar-refractivity contribution in [2.24, 2.45) is 7.05 Å². The van der Waals surface area contributed by atoms with Gasteiger partial charge < -0.3 is 20.4 Å². The zero-order chi connectivity index (χ0) is 21.0. The van der Waals surface area contributed by atoms with Crippen molar-refractivity contribution in [3.63, 3.8) is 0 Å². The minimum atomic E-state index is -0.328. The fraction of sp³-hybridized carbons (Fsp3) is 0.450. The molecule has 1 saturated heterocycles. The molecule has 0 saturated carbocycles. The number of aromatic nitrogens is 2. The minimum absolute atomic E-state index is 0.0169. The van der Waals surface area contributed by atoms with Crippen molar-refractivity contribution in [2.75, 3.05) is 49.9 Å². The highest BCUT2D eigenvalue weighted by Gasteiger charge is 2.27. The lowest BCUT2D eigenvalue weighted by Crippen LogP contribution is -3.28. The number of hydrogen-bond acceptors (Lipinski definition) is 3. The molecule has 0 radical (unpaired) electrons. The molecule has 8 nitrogen and oxygen atoms in total. The standard InChI is InChI=1S/C20H27FN6O2/c1-14-20(15(2)25(3)24-14)23-19(29)13-27-10-8-26(9-11-27)12-18(28)22-17-6-4-16(21)5-7-17/h4-7H,8-13H2,1-3H3,(H,22,28)(H,23,29)/p+2. The topological polar surface area (TPSA) is 84.9 Å². The van der Waals surface area contributed by atoms with E-state index in [4.69, 9.17) is 0 Å². The molecule has 0 unspecified atom stereocenters. The van der Waals surface area contributed by atoms with Crippen LogP contribution in [0.15, 0.2) is 24.3 Å². The van der Waals surface area contributed by atoms with Crippen molar-refractivity contribution in [2.45, 2.75) is 13.8 Å². The van der Waals surface area contributed by atoms with E-state index >= 15 is 0 Å². The van der Waals surface area contributed by atoms with E-state index in [9.17, 15) is 14.0 Å². The van der Waals surface area contributed by atoms with Crippen LogP contribution in [0.1, 0.15) is 11.4 Å². The van der Waals surface area contributed by atoms with Gasteiger partial charge in [-0.25, -0.2) is 4.39 Å². The van der Waals surface area contributed by atoms with Gasteiger partial charge in [0.15, 0.2) is 13.1 Å². The molecule has 0 spiro atoms. The minimum Gasteiger partial charge on any atom is -0.321 e. The fourth-order valence-corrected chi connectivity index (χ4v) is 3.64. The summed E-state index contributed by atoms with van der Waals surface area (Å²) in [5.74, 6) is -0.433. The number of hydrogen-bond donors (Lipinski definition) is 4. The number of aryl methyl sites for hydroxylation is 2. The Morgan fingerprint density at radius 3 is 2.00 bits per heavy atom. The predicted molar refractivity (Wildman–Crippen MR) is 107 cm³/mol. The number of anilines is 2. The van der Waals surface area contributed by atoms with E-state index in [0.29, 0.717) is 18.8 Å². The molecule has 0 aliphatic carbocycles. The van der Waals surface area contributed by atoms with Gasteiger partial charge in [-0.05, 0) is 38.1 Å². The molecule has 2 amide bonds. The van der Waals surface area contributed by atoms with Crippen LogP contribution in [0.3, 0.4) is 0 Å². The number of rotatable bonds is 6. The quantitative estimate of drug-likeness (QED) is 0.475. The molecule has 2 heterocycles. The lowest BCUT2D eigenvalue weighted by atomic mass is 10.2. The zero-order valence-corrected chi connectivity index (χ0v) is 17.1. The first kappa shape index (κ1) is 20.9. The van der Waals surface area contributed by atoms with Gasteiger partial charge in [0, 0.05) is 12.7 Å². The zero-order valence-electron chi connectivity index (χ0n) is 17.1. The third-order valence-electron chi connectivity index (χ3n) is 5.39. The van der Waals surface area contributed by atoms with E-state index in [2.05, 4.69) is 15.7 Å². The Bertz CT molecular complexity index is 872. The van der Waals surface area contributed by atoms with Gasteiger partial charge in [0.1, 0.15) is 32.0 Å². The number of piperazine rings is 1. The van der Waals surface area contributed by atoms with Gasteiger partial charge in [-0.15, -0.1) is 0 Å². The number of halogens is 1. The second-order valence-corrected chi connectivity index (χ2v) is 7.63. The number of nitrogens with one attached hydrogen (secondary N) is 4. The van der Waals surface area contributed by atoms with E-state index in [1.165, 1.54) is 21.9 Å². The molecule has 1 aromatic heterocycles. The van der Waals surface area contributed by atoms with Crippen LogP contribution in [0, 0.1) is 19.7 Å². The first-order valence-electron chi connectivity index (χ1n) is 9.84. The van der Waals surface area contributed by atoms with E-state index in [0.717, 1.165) is 43.3 Å². The van der Waals surface area contributed by atoms with Crippen LogP contribution in [0.25, 0.3) is 0 Å². The number of amides is 2. The summed E-state index contributed by atoms with van der Waals surface area (Å²) in [6.07, 6.45) is 0. The largest absolute Gasteiger partial charge is 0.321 e. The van der Waals surface area contributed by atoms with Crippen molar-refractivity contribution in [1.82, 2.24) is 9.78 Å². The van der Waals surface area contributed by atoms with Gasteiger partial charge >= 0.3 is 0 Å². The van der Waals surface area contributed by atoms with Crippen molar-refractivity contribution in [1.29, 1.82) is 0 Å². The van der Waals surface area contributed by atoms with Crippen LogP contribution in [-0.4, -0.2) is 60.9 Å². The SMILES string of the molecule is Cc1nn(C)c(C)c1NC(=O)C[NH+]1CC[NH+](CC(=O)Nc2ccc(F)cc2)CC1. The second-order valence-electron chi connectivity index (χ2n) is 7.63. The van der Waals surface area contributed by atoms with Crippen LogP contribution in [0.2, 0.25) is 0 Å². The summed E-state index contributed by atoms with van der Waals surface area (Å²) in [6, 6.07) is 5.75. The molecular weight excluding hydrogens is 375 g/mol. The van der Waals surface area contributed by atoms with E-state index in [-0.39, 0.29) is 17.6 Å². The molecule has 0 atom stereocenters. The predicted octanol–water partition coefficient (Wildman–Crippen LogP) is -1.46. The molecule has 0 bridgehead atoms. The molecule has 9 heteroatoms. The Labute approximate surface area is 169 Å². The number of carbonyl (C=O) groups excluding carboxylic acids is 2. The van der Waals surface area contributed by atoms with Crippen LogP contribution in [0.4, 0.5) is 15.8 Å². The summed E-state index contributed by atoms with van der Waals surface area (Å²) in [6.45, 7) is 7.90. The summed E-state index contributed by atoms with van der Waals surface area (Å²) in [7, 11) is 1.86. The molecule has 1 aromatic carbocycles. The van der Waals surface area contributed by atoms with Gasteiger partial charge in [-0.3, -0.25) is 14.3 Å². The van der Waals surface area contributed by atoms with E-state index < -0.39 is 0 Å². The van der Waals surface area contributed by atoms with Gasteiger partial charge in [-0.1, -0.05) is 0 Å². The van der Waals surface area contributed by atoms with Crippen LogP contribution in [-0.2, 0) is 16.6 Å². The summed E-state index contributed by atoms with van der Waals surface area (Å²) >= 11 is 0. The number of quaternary nitrogens is 2. The summed E-state index contributed by atoms with van der Waals surface area (Å²) in [4.78, 5) is 27.0. The molecular formula is C20H29FN6O2+2. The van der Waals surface area contributed by atoms with Gasteiger partial charge in [0.2, 0.25) is 0 Å². The first-order valence-corrected chi connectivity index (χ1v) is 9.84. The highest BCUT2D eigenvalue weighted by atomic mass is 19.1. The summed E-state index contributed by atoms with van der Waals surface area (Å²) < 4.78 is 14.7. The summed E-state index contributed by atoms with van der Waals surface area (Å²) in [5, 5.41) is 10.1. The Kier molecular flexibility index (Phi) is 6.60. The van der Waals surface area contributed by atoms with Crippen LogP contribution in [0.5, 0.6) is 0 Å². The molecule has 1 aliphatic rings. The smallest absolute Gasteiger partial charge is 0.279 e. The van der Waals surface area contributed by atoms with Crippen molar-refractivity contribution < 1.29 is 23.8 Å². The van der Waals surface area contributed by atoms with E-state index in [1.54, 1.807) is 16.8 Å². The van der Waals surface area contributed by atoms with Crippen molar-refractivity contribution >= 4 is 23.2 Å². The number of nitrogens with zero attached hydrogens (tertiary/aromatic N) is 2. The highest BCUT2D eigenvalue weighted by molar-refractivity contribution is 5.92. The molecule has 1 aliphatic heterocycles. The van der Waals surface area contributed by atoms with Crippen LogP contribution < -0.4 is 20.4 Å². The Morgan fingerprint density at radius 1 is 1.00 bits per heavy atom. The molecule has 29 heavy (non-hydrogen) atoms. The first-order chi connectivity index (χ1) is 13.8. The average molecular weight is 404 g/mol. The number of carbonyl (C=O) groups is 2. The maximum Gasteiger partial charge on any atom is 0.279 e. The van der Waals surface area contributed by atoms with Crippen LogP contribution >= 0.6 is 0 Å². The molecule has 156 valence electrons. The third-order valence-corrected chi connectivity index (χ3v) is 5.39. The van der Waals surface area contributed by atoms with Gasteiger partial charge in [-0.2, -0.15) is 5.10 Å². The van der Waals surface area contributed by atoms with Crippen molar-refractivity contribution in [3.8, 4) is 0 Å². The van der Waals surface area contributed by atoms with E-state index in [1.807, 2.05) is 20.9 Å². The fourth-order valence-electron chi connectivity index (χ4n) is 3.64.